The molecular weight excluding hydrogens is 288 g/mol. The summed E-state index contributed by atoms with van der Waals surface area (Å²) < 4.78 is 1.87. The van der Waals surface area contributed by atoms with Crippen LogP contribution in [0, 0.1) is 5.92 Å². The summed E-state index contributed by atoms with van der Waals surface area (Å²) in [5.74, 6) is 0.695. The molecule has 1 aliphatic heterocycles. The molecule has 2 heterocycles. The molecule has 0 N–H and O–H groups in total. The van der Waals surface area contributed by atoms with E-state index in [-0.39, 0.29) is 5.91 Å². The Labute approximate surface area is 140 Å². The lowest BCUT2D eigenvalue weighted by atomic mass is 10.1. The van der Waals surface area contributed by atoms with Gasteiger partial charge in [-0.25, -0.2) is 0 Å². The summed E-state index contributed by atoms with van der Waals surface area (Å²) in [6, 6.07) is 2.50. The van der Waals surface area contributed by atoms with Crippen LogP contribution >= 0.6 is 0 Å². The predicted octanol–water partition coefficient (Wildman–Crippen LogP) is 2.66. The molecule has 0 saturated carbocycles. The number of aryl methyl sites for hydroxylation is 1. The summed E-state index contributed by atoms with van der Waals surface area (Å²) in [5.41, 5.74) is 1.79. The monoisotopic (exact) mass is 320 g/mol. The first-order valence-corrected chi connectivity index (χ1v) is 9.10. The molecule has 2 rings (SSSR count). The van der Waals surface area contributed by atoms with Gasteiger partial charge < -0.3 is 4.90 Å². The molecule has 130 valence electrons. The Kier molecular flexibility index (Phi) is 6.22. The Balaban J connectivity index is 2.10. The number of aromatic nitrogens is 2. The number of likely N-dealkylation sites (N-methyl/N-ethyl adjacent to an activating group) is 1. The van der Waals surface area contributed by atoms with Crippen LogP contribution in [0.3, 0.4) is 0 Å². The summed E-state index contributed by atoms with van der Waals surface area (Å²) in [4.78, 5) is 17.4. The number of nitrogens with zero attached hydrogens (tertiary/aromatic N) is 4. The second kappa shape index (κ2) is 7.95. The van der Waals surface area contributed by atoms with E-state index in [0.717, 1.165) is 57.0 Å². The highest BCUT2D eigenvalue weighted by molar-refractivity contribution is 5.93. The lowest BCUT2D eigenvalue weighted by Gasteiger charge is -2.26. The first kappa shape index (κ1) is 18.0. The Morgan fingerprint density at radius 3 is 2.61 bits per heavy atom. The summed E-state index contributed by atoms with van der Waals surface area (Å²) in [6.45, 7) is 15.3. The SMILES string of the molecule is CCN(CC)[C@H]1CCN(C(=O)c2cc(CC(C)C)nn2CC)C1. The van der Waals surface area contributed by atoms with Gasteiger partial charge in [-0.15, -0.1) is 0 Å². The summed E-state index contributed by atoms with van der Waals surface area (Å²) in [6.07, 6.45) is 2.00. The number of carbonyl (C=O) groups is 1. The van der Waals surface area contributed by atoms with Crippen molar-refractivity contribution in [1.82, 2.24) is 19.6 Å². The molecule has 1 aromatic rings. The average molecular weight is 320 g/mol. The lowest BCUT2D eigenvalue weighted by Crippen LogP contribution is -2.39. The molecule has 0 unspecified atom stereocenters. The maximum atomic E-state index is 12.9. The van der Waals surface area contributed by atoms with Gasteiger partial charge in [-0.2, -0.15) is 5.10 Å². The van der Waals surface area contributed by atoms with E-state index >= 15 is 0 Å². The van der Waals surface area contributed by atoms with Crippen LogP contribution in [0.5, 0.6) is 0 Å². The van der Waals surface area contributed by atoms with Crippen molar-refractivity contribution in [2.45, 2.75) is 60.0 Å². The first-order chi connectivity index (χ1) is 11.0. The van der Waals surface area contributed by atoms with E-state index < -0.39 is 0 Å². The fraction of sp³-hybridized carbons (Fsp3) is 0.778. The molecule has 1 aliphatic rings. The third-order valence-corrected chi connectivity index (χ3v) is 4.75. The maximum absolute atomic E-state index is 12.9. The van der Waals surface area contributed by atoms with E-state index in [1.165, 1.54) is 0 Å². The molecule has 0 spiro atoms. The summed E-state index contributed by atoms with van der Waals surface area (Å²) in [5, 5.41) is 4.61. The van der Waals surface area contributed by atoms with Crippen molar-refractivity contribution in [2.75, 3.05) is 26.2 Å². The van der Waals surface area contributed by atoms with E-state index in [9.17, 15) is 4.79 Å². The zero-order valence-corrected chi connectivity index (χ0v) is 15.4. The topological polar surface area (TPSA) is 41.4 Å². The molecule has 23 heavy (non-hydrogen) atoms. The predicted molar refractivity (Wildman–Crippen MR) is 93.7 cm³/mol. The summed E-state index contributed by atoms with van der Waals surface area (Å²) in [7, 11) is 0. The Bertz CT molecular complexity index is 519. The summed E-state index contributed by atoms with van der Waals surface area (Å²) >= 11 is 0. The van der Waals surface area contributed by atoms with Crippen molar-refractivity contribution in [3.05, 3.63) is 17.5 Å². The van der Waals surface area contributed by atoms with Gasteiger partial charge in [0.1, 0.15) is 5.69 Å². The molecule has 0 radical (unpaired) electrons. The van der Waals surface area contributed by atoms with Crippen LogP contribution in [0.15, 0.2) is 6.07 Å². The van der Waals surface area contributed by atoms with E-state index in [1.807, 2.05) is 22.6 Å². The number of carbonyl (C=O) groups excluding carboxylic acids is 1. The van der Waals surface area contributed by atoms with Crippen LogP contribution in [-0.4, -0.2) is 57.7 Å². The van der Waals surface area contributed by atoms with Crippen LogP contribution in [0.2, 0.25) is 0 Å². The van der Waals surface area contributed by atoms with Gasteiger partial charge in [0.2, 0.25) is 0 Å². The van der Waals surface area contributed by atoms with Crippen molar-refractivity contribution >= 4 is 5.91 Å². The zero-order valence-electron chi connectivity index (χ0n) is 15.4. The second-order valence-corrected chi connectivity index (χ2v) is 6.85. The van der Waals surface area contributed by atoms with Crippen molar-refractivity contribution in [2.24, 2.45) is 5.92 Å². The fourth-order valence-electron chi connectivity index (χ4n) is 3.53. The molecule has 0 bridgehead atoms. The van der Waals surface area contributed by atoms with Gasteiger partial charge in [-0.3, -0.25) is 14.4 Å². The van der Waals surface area contributed by atoms with E-state index in [1.54, 1.807) is 0 Å². The molecular formula is C18H32N4O. The Morgan fingerprint density at radius 2 is 2.04 bits per heavy atom. The minimum absolute atomic E-state index is 0.143. The molecule has 1 atom stereocenters. The number of rotatable bonds is 7. The number of likely N-dealkylation sites (tertiary alicyclic amines) is 1. The van der Waals surface area contributed by atoms with Crippen LogP contribution in [0.25, 0.3) is 0 Å². The van der Waals surface area contributed by atoms with Gasteiger partial charge in [-0.1, -0.05) is 27.7 Å². The smallest absolute Gasteiger partial charge is 0.272 e. The first-order valence-electron chi connectivity index (χ1n) is 9.10. The van der Waals surface area contributed by atoms with Crippen LogP contribution in [0.4, 0.5) is 0 Å². The number of hydrogen-bond donors (Lipinski definition) is 0. The quantitative estimate of drug-likeness (QED) is 0.775. The Morgan fingerprint density at radius 1 is 1.35 bits per heavy atom. The van der Waals surface area contributed by atoms with Crippen molar-refractivity contribution < 1.29 is 4.79 Å². The molecule has 1 aromatic heterocycles. The van der Waals surface area contributed by atoms with Gasteiger partial charge in [0.05, 0.1) is 5.69 Å². The van der Waals surface area contributed by atoms with Gasteiger partial charge in [0.25, 0.3) is 5.91 Å². The van der Waals surface area contributed by atoms with Crippen molar-refractivity contribution in [3.8, 4) is 0 Å². The molecule has 1 amide bonds. The molecule has 5 nitrogen and oxygen atoms in total. The molecule has 1 fully saturated rings. The highest BCUT2D eigenvalue weighted by atomic mass is 16.2. The minimum Gasteiger partial charge on any atom is -0.336 e. The van der Waals surface area contributed by atoms with Crippen LogP contribution in [-0.2, 0) is 13.0 Å². The van der Waals surface area contributed by atoms with E-state index in [0.29, 0.717) is 12.0 Å². The normalized spacial score (nSPS) is 18.4. The highest BCUT2D eigenvalue weighted by Crippen LogP contribution is 2.19. The van der Waals surface area contributed by atoms with Gasteiger partial charge in [0, 0.05) is 25.7 Å². The van der Waals surface area contributed by atoms with E-state index in [4.69, 9.17) is 0 Å². The highest BCUT2D eigenvalue weighted by Gasteiger charge is 2.31. The lowest BCUT2D eigenvalue weighted by molar-refractivity contribution is 0.0765. The second-order valence-electron chi connectivity index (χ2n) is 6.85. The average Bonchev–Trinajstić information content (AvgIpc) is 3.14. The largest absolute Gasteiger partial charge is 0.336 e. The number of amides is 1. The Hall–Kier alpha value is -1.36. The van der Waals surface area contributed by atoms with Crippen LogP contribution in [0.1, 0.15) is 57.2 Å². The third-order valence-electron chi connectivity index (χ3n) is 4.75. The fourth-order valence-corrected chi connectivity index (χ4v) is 3.53. The van der Waals surface area contributed by atoms with Crippen LogP contribution < -0.4 is 0 Å². The van der Waals surface area contributed by atoms with Gasteiger partial charge >= 0.3 is 0 Å². The number of hydrogen-bond acceptors (Lipinski definition) is 3. The molecule has 0 aliphatic carbocycles. The van der Waals surface area contributed by atoms with Crippen molar-refractivity contribution in [3.63, 3.8) is 0 Å². The molecule has 1 saturated heterocycles. The van der Waals surface area contributed by atoms with Gasteiger partial charge in [0.15, 0.2) is 0 Å². The minimum atomic E-state index is 0.143. The molecule has 5 heteroatoms. The van der Waals surface area contributed by atoms with Crippen molar-refractivity contribution in [1.29, 1.82) is 0 Å². The third kappa shape index (κ3) is 4.14. The zero-order chi connectivity index (χ0) is 17.0. The van der Waals surface area contributed by atoms with E-state index in [2.05, 4.69) is 37.7 Å². The van der Waals surface area contributed by atoms with Gasteiger partial charge in [-0.05, 0) is 44.8 Å². The molecule has 0 aromatic carbocycles. The standard InChI is InChI=1S/C18H32N4O/c1-6-20(7-2)16-9-10-21(13-16)18(23)17-12-15(11-14(4)5)19-22(17)8-3/h12,14,16H,6-11,13H2,1-5H3/t16-/m0/s1. The maximum Gasteiger partial charge on any atom is 0.272 e.